The third-order valence-electron chi connectivity index (χ3n) is 3.68. The van der Waals surface area contributed by atoms with Crippen LogP contribution in [0.1, 0.15) is 34.6 Å². The van der Waals surface area contributed by atoms with Crippen LogP contribution in [0, 0.1) is 23.7 Å². The number of likely N-dealkylation sites (tertiary alicyclic amines) is 1. The molecule has 1 aliphatic heterocycles. The van der Waals surface area contributed by atoms with Crippen molar-refractivity contribution >= 4 is 6.09 Å². The van der Waals surface area contributed by atoms with Gasteiger partial charge in [-0.3, -0.25) is 0 Å². The van der Waals surface area contributed by atoms with E-state index in [1.54, 1.807) is 0 Å². The summed E-state index contributed by atoms with van der Waals surface area (Å²) < 4.78 is 5.37. The minimum absolute atomic E-state index is 0.137. The number of piperidine rings is 1. The Labute approximate surface area is 98.1 Å². The second-order valence-electron chi connectivity index (χ2n) is 6.53. The van der Waals surface area contributed by atoms with Crippen molar-refractivity contribution in [2.24, 2.45) is 23.7 Å². The van der Waals surface area contributed by atoms with Crippen LogP contribution in [0.15, 0.2) is 0 Å². The van der Waals surface area contributed by atoms with Gasteiger partial charge in [0.1, 0.15) is 5.60 Å². The molecule has 1 saturated heterocycles. The zero-order chi connectivity index (χ0) is 12.1. The van der Waals surface area contributed by atoms with E-state index < -0.39 is 0 Å². The number of amides is 1. The summed E-state index contributed by atoms with van der Waals surface area (Å²) in [6.07, 6.45) is -0.137. The van der Waals surface area contributed by atoms with Gasteiger partial charge in [0.05, 0.1) is 0 Å². The van der Waals surface area contributed by atoms with E-state index in [4.69, 9.17) is 4.74 Å². The molecule has 0 aromatic heterocycles. The molecule has 2 aliphatic rings. The topological polar surface area (TPSA) is 29.5 Å². The Balaban J connectivity index is 1.82. The molecule has 16 heavy (non-hydrogen) atoms. The van der Waals surface area contributed by atoms with Crippen molar-refractivity contribution in [3.63, 3.8) is 0 Å². The van der Waals surface area contributed by atoms with Crippen LogP contribution in [0.2, 0.25) is 0 Å². The molecule has 2 rings (SSSR count). The average molecular weight is 225 g/mol. The predicted molar refractivity (Wildman–Crippen MR) is 63.1 cm³/mol. The van der Waals surface area contributed by atoms with E-state index >= 15 is 0 Å². The van der Waals surface area contributed by atoms with Gasteiger partial charge in [-0.05, 0) is 44.4 Å². The molecule has 0 N–H and O–H groups in total. The zero-order valence-electron chi connectivity index (χ0n) is 11.0. The van der Waals surface area contributed by atoms with Gasteiger partial charge >= 0.3 is 6.09 Å². The van der Waals surface area contributed by atoms with E-state index in [1.165, 1.54) is 0 Å². The maximum absolute atomic E-state index is 11.8. The lowest BCUT2D eigenvalue weighted by Gasteiger charge is -2.26. The first-order chi connectivity index (χ1) is 7.29. The number of ether oxygens (including phenoxy) is 1. The van der Waals surface area contributed by atoms with E-state index in [1.807, 2.05) is 25.7 Å². The van der Waals surface area contributed by atoms with Crippen molar-refractivity contribution in [2.75, 3.05) is 13.1 Å². The maximum atomic E-state index is 11.8. The van der Waals surface area contributed by atoms with Crippen molar-refractivity contribution < 1.29 is 9.53 Å². The van der Waals surface area contributed by atoms with E-state index in [0.717, 1.165) is 36.8 Å². The highest BCUT2D eigenvalue weighted by Gasteiger charge is 2.57. The highest BCUT2D eigenvalue weighted by molar-refractivity contribution is 5.69. The summed E-state index contributed by atoms with van der Waals surface area (Å²) in [5, 5.41) is 0. The molecule has 0 aromatic rings. The molecule has 1 amide bonds. The fourth-order valence-electron chi connectivity index (χ4n) is 3.04. The van der Waals surface area contributed by atoms with Crippen molar-refractivity contribution in [1.29, 1.82) is 0 Å². The first kappa shape index (κ1) is 11.7. The quantitative estimate of drug-likeness (QED) is 0.686. The van der Waals surface area contributed by atoms with Crippen molar-refractivity contribution in [3.8, 4) is 0 Å². The highest BCUT2D eigenvalue weighted by Crippen LogP contribution is 2.55. The second kappa shape index (κ2) is 3.64. The van der Waals surface area contributed by atoms with E-state index in [9.17, 15) is 4.79 Å². The van der Waals surface area contributed by atoms with Crippen LogP contribution in [0.4, 0.5) is 4.79 Å². The largest absolute Gasteiger partial charge is 0.444 e. The molecule has 2 fully saturated rings. The summed E-state index contributed by atoms with van der Waals surface area (Å²) in [7, 11) is 0. The predicted octanol–water partition coefficient (Wildman–Crippen LogP) is 2.76. The number of nitrogens with zero attached hydrogens (tertiary/aromatic N) is 1. The van der Waals surface area contributed by atoms with Gasteiger partial charge in [0, 0.05) is 13.1 Å². The summed E-state index contributed by atoms with van der Waals surface area (Å²) in [6.45, 7) is 12.1. The lowest BCUT2D eigenvalue weighted by Crippen LogP contribution is -2.37. The fraction of sp³-hybridized carbons (Fsp3) is 0.923. The molecular formula is C13H23NO2. The molecule has 0 bridgehead atoms. The smallest absolute Gasteiger partial charge is 0.410 e. The van der Waals surface area contributed by atoms with E-state index in [-0.39, 0.29) is 11.7 Å². The number of carbonyl (C=O) groups excluding carboxylic acids is 1. The Hall–Kier alpha value is -0.730. The van der Waals surface area contributed by atoms with Gasteiger partial charge in [0.25, 0.3) is 0 Å². The molecule has 1 unspecified atom stereocenters. The van der Waals surface area contributed by atoms with Gasteiger partial charge in [-0.25, -0.2) is 4.79 Å². The molecule has 1 saturated carbocycles. The zero-order valence-corrected chi connectivity index (χ0v) is 11.0. The Morgan fingerprint density at radius 3 is 2.12 bits per heavy atom. The second-order valence-corrected chi connectivity index (χ2v) is 6.53. The summed E-state index contributed by atoms with van der Waals surface area (Å²) in [4.78, 5) is 13.7. The molecule has 1 aliphatic carbocycles. The Bertz CT molecular complexity index is 281. The van der Waals surface area contributed by atoms with Gasteiger partial charge in [-0.15, -0.1) is 0 Å². The van der Waals surface area contributed by atoms with Crippen molar-refractivity contribution in [2.45, 2.75) is 40.2 Å². The molecule has 0 spiro atoms. The van der Waals surface area contributed by atoms with Gasteiger partial charge in [-0.2, -0.15) is 0 Å². The van der Waals surface area contributed by atoms with Gasteiger partial charge in [-0.1, -0.05) is 13.8 Å². The molecule has 92 valence electrons. The van der Waals surface area contributed by atoms with Crippen molar-refractivity contribution in [1.82, 2.24) is 4.90 Å². The lowest BCUT2D eigenvalue weighted by atomic mass is 10.1. The number of hydrogen-bond donors (Lipinski definition) is 0. The molecular weight excluding hydrogens is 202 g/mol. The van der Waals surface area contributed by atoms with Crippen LogP contribution >= 0.6 is 0 Å². The minimum Gasteiger partial charge on any atom is -0.444 e. The molecule has 0 radical (unpaired) electrons. The average Bonchev–Trinajstić information content (AvgIpc) is 2.60. The summed E-state index contributed by atoms with van der Waals surface area (Å²) >= 11 is 0. The summed E-state index contributed by atoms with van der Waals surface area (Å²) in [5.41, 5.74) is -0.374. The summed E-state index contributed by atoms with van der Waals surface area (Å²) in [6, 6.07) is 0. The van der Waals surface area contributed by atoms with Crippen LogP contribution in [0.5, 0.6) is 0 Å². The molecule has 0 aromatic carbocycles. The van der Waals surface area contributed by atoms with Crippen LogP contribution in [-0.4, -0.2) is 29.7 Å². The molecule has 1 heterocycles. The first-order valence-electron chi connectivity index (χ1n) is 6.27. The number of fused-ring (bicyclic) bond motifs is 1. The van der Waals surface area contributed by atoms with Crippen molar-refractivity contribution in [3.05, 3.63) is 0 Å². The van der Waals surface area contributed by atoms with Gasteiger partial charge < -0.3 is 9.64 Å². The molecule has 3 nitrogen and oxygen atoms in total. The normalized spacial score (nSPS) is 32.9. The monoisotopic (exact) mass is 225 g/mol. The molecule has 3 heteroatoms. The third-order valence-corrected chi connectivity index (χ3v) is 3.68. The summed E-state index contributed by atoms with van der Waals surface area (Å²) in [5.74, 6) is 3.09. The van der Waals surface area contributed by atoms with E-state index in [0.29, 0.717) is 0 Å². The number of hydrogen-bond acceptors (Lipinski definition) is 2. The van der Waals surface area contributed by atoms with Crippen LogP contribution in [-0.2, 0) is 4.74 Å². The highest BCUT2D eigenvalue weighted by atomic mass is 16.6. The van der Waals surface area contributed by atoms with Crippen LogP contribution < -0.4 is 0 Å². The third kappa shape index (κ3) is 2.18. The van der Waals surface area contributed by atoms with Crippen LogP contribution in [0.25, 0.3) is 0 Å². The van der Waals surface area contributed by atoms with E-state index in [2.05, 4.69) is 13.8 Å². The molecule has 3 atom stereocenters. The SMILES string of the molecule is CC(C)C1[C@H]2CN(C(=O)OC(C)(C)C)C[C@@H]12. The van der Waals surface area contributed by atoms with Crippen LogP contribution in [0.3, 0.4) is 0 Å². The fourth-order valence-corrected chi connectivity index (χ4v) is 3.04. The number of carbonyl (C=O) groups is 1. The standard InChI is InChI=1S/C13H23NO2/c1-8(2)11-9-6-14(7-10(9)11)12(15)16-13(3,4)5/h8-11H,6-7H2,1-5H3/t9-,10+,11?. The Morgan fingerprint density at radius 2 is 1.75 bits per heavy atom. The number of rotatable bonds is 1. The minimum atomic E-state index is -0.374. The lowest BCUT2D eigenvalue weighted by molar-refractivity contribution is 0.0261. The maximum Gasteiger partial charge on any atom is 0.410 e. The van der Waals surface area contributed by atoms with Gasteiger partial charge in [0.15, 0.2) is 0 Å². The first-order valence-corrected chi connectivity index (χ1v) is 6.27. The Kier molecular flexibility index (Phi) is 2.67. The van der Waals surface area contributed by atoms with Gasteiger partial charge in [0.2, 0.25) is 0 Å². The Morgan fingerprint density at radius 1 is 1.25 bits per heavy atom.